The summed E-state index contributed by atoms with van der Waals surface area (Å²) in [5, 5.41) is 0.687. The number of benzene rings is 3. The first-order valence-electron chi connectivity index (χ1n) is 12.6. The van der Waals surface area contributed by atoms with Crippen LogP contribution < -0.4 is 15.2 Å². The van der Waals surface area contributed by atoms with Crippen LogP contribution in [0.5, 0.6) is 0 Å². The van der Waals surface area contributed by atoms with Crippen molar-refractivity contribution >= 4 is 44.9 Å². The molecule has 4 heterocycles. The molecule has 39 heavy (non-hydrogen) atoms. The molecule has 7 nitrogen and oxygen atoms in total. The Hall–Kier alpha value is -4.56. The Morgan fingerprint density at radius 2 is 1.67 bits per heavy atom. The van der Waals surface area contributed by atoms with Gasteiger partial charge in [-0.1, -0.05) is 60.2 Å². The monoisotopic (exact) mass is 533 g/mol. The largest absolute Gasteiger partial charge is 0.450 e. The number of amides is 2. The lowest BCUT2D eigenvalue weighted by molar-refractivity contribution is -0.121. The Morgan fingerprint density at radius 3 is 2.41 bits per heavy atom. The predicted octanol–water partition coefficient (Wildman–Crippen LogP) is 5.63. The van der Waals surface area contributed by atoms with Crippen molar-refractivity contribution in [3.63, 3.8) is 0 Å². The number of thiazole rings is 1. The zero-order chi connectivity index (χ0) is 27.1. The minimum absolute atomic E-state index is 0.0455. The number of anilines is 2. The number of para-hydroxylation sites is 1. The van der Waals surface area contributed by atoms with E-state index >= 15 is 0 Å². The average molecular weight is 534 g/mol. The van der Waals surface area contributed by atoms with Gasteiger partial charge in [-0.3, -0.25) is 19.3 Å². The Kier molecular flexibility index (Phi) is 4.96. The zero-order valence-corrected chi connectivity index (χ0v) is 22.3. The van der Waals surface area contributed by atoms with Crippen LogP contribution in [0.2, 0.25) is 0 Å². The lowest BCUT2D eigenvalue weighted by atomic mass is 9.84. The number of rotatable bonds is 3. The van der Waals surface area contributed by atoms with Gasteiger partial charge in [0.2, 0.25) is 5.76 Å². The molecule has 0 saturated carbocycles. The van der Waals surface area contributed by atoms with Crippen molar-refractivity contribution in [3.8, 4) is 0 Å². The van der Waals surface area contributed by atoms with Gasteiger partial charge < -0.3 is 9.32 Å². The van der Waals surface area contributed by atoms with Gasteiger partial charge in [0.15, 0.2) is 16.1 Å². The summed E-state index contributed by atoms with van der Waals surface area (Å²) in [6.45, 7) is 5.95. The van der Waals surface area contributed by atoms with Crippen LogP contribution in [0.25, 0.3) is 11.0 Å². The molecule has 0 N–H and O–H groups in total. The molecule has 2 aliphatic rings. The van der Waals surface area contributed by atoms with E-state index in [1.54, 1.807) is 17.0 Å². The molecule has 0 aliphatic carbocycles. The van der Waals surface area contributed by atoms with Crippen molar-refractivity contribution in [2.75, 3.05) is 9.80 Å². The molecule has 0 saturated heterocycles. The SMILES string of the molecule is Cc1ccc2oc3c(c(=O)c2c1)C1(C(=O)N(Cc2ccccc2)c2ccccc21)N(c1nc(C)c(C)s1)C3=O. The van der Waals surface area contributed by atoms with Crippen molar-refractivity contribution < 1.29 is 14.0 Å². The fourth-order valence-electron chi connectivity index (χ4n) is 5.75. The molecule has 0 radical (unpaired) electrons. The second kappa shape index (κ2) is 8.22. The van der Waals surface area contributed by atoms with Gasteiger partial charge in [-0.25, -0.2) is 4.98 Å². The van der Waals surface area contributed by atoms with Gasteiger partial charge in [0.05, 0.1) is 28.9 Å². The summed E-state index contributed by atoms with van der Waals surface area (Å²) in [7, 11) is 0. The highest BCUT2D eigenvalue weighted by Gasteiger charge is 2.66. The van der Waals surface area contributed by atoms with E-state index < -0.39 is 11.4 Å². The molecule has 2 amide bonds. The molecule has 192 valence electrons. The van der Waals surface area contributed by atoms with Gasteiger partial charge in [0.25, 0.3) is 11.8 Å². The van der Waals surface area contributed by atoms with Crippen LogP contribution >= 0.6 is 11.3 Å². The summed E-state index contributed by atoms with van der Waals surface area (Å²) in [4.78, 5) is 52.1. The number of hydrogen-bond donors (Lipinski definition) is 0. The topological polar surface area (TPSA) is 83.7 Å². The van der Waals surface area contributed by atoms with Crippen LogP contribution in [0.15, 0.2) is 82.0 Å². The Bertz CT molecular complexity index is 1890. The molecule has 5 aromatic rings. The van der Waals surface area contributed by atoms with E-state index in [9.17, 15) is 14.4 Å². The molecule has 3 aromatic carbocycles. The number of aromatic nitrogens is 1. The van der Waals surface area contributed by atoms with E-state index in [4.69, 9.17) is 4.42 Å². The number of carbonyl (C=O) groups excluding carboxylic acids is 2. The molecule has 0 bridgehead atoms. The molecule has 2 aliphatic heterocycles. The predicted molar refractivity (Wildman–Crippen MR) is 150 cm³/mol. The first-order chi connectivity index (χ1) is 18.8. The van der Waals surface area contributed by atoms with Crippen LogP contribution in [0.4, 0.5) is 10.8 Å². The van der Waals surface area contributed by atoms with Crippen LogP contribution in [-0.4, -0.2) is 16.8 Å². The summed E-state index contributed by atoms with van der Waals surface area (Å²) >= 11 is 1.32. The molecular weight excluding hydrogens is 510 g/mol. The van der Waals surface area contributed by atoms with Crippen LogP contribution in [0.3, 0.4) is 0 Å². The number of fused-ring (bicyclic) bond motifs is 5. The molecule has 8 heteroatoms. The van der Waals surface area contributed by atoms with Gasteiger partial charge in [0.1, 0.15) is 5.58 Å². The van der Waals surface area contributed by atoms with Gasteiger partial charge in [0, 0.05) is 10.4 Å². The van der Waals surface area contributed by atoms with Crippen molar-refractivity contribution in [1.82, 2.24) is 4.98 Å². The number of hydrogen-bond acceptors (Lipinski definition) is 6. The Labute approximate surface area is 227 Å². The first-order valence-corrected chi connectivity index (χ1v) is 13.5. The third kappa shape index (κ3) is 3.09. The Balaban J connectivity index is 1.58. The van der Waals surface area contributed by atoms with E-state index in [0.29, 0.717) is 27.4 Å². The minimum Gasteiger partial charge on any atom is -0.450 e. The van der Waals surface area contributed by atoms with E-state index in [-0.39, 0.29) is 29.2 Å². The van der Waals surface area contributed by atoms with Gasteiger partial charge in [-0.05, 0) is 44.5 Å². The zero-order valence-electron chi connectivity index (χ0n) is 21.5. The third-order valence-electron chi connectivity index (χ3n) is 7.67. The van der Waals surface area contributed by atoms with Crippen molar-refractivity contribution in [1.29, 1.82) is 0 Å². The quantitative estimate of drug-likeness (QED) is 0.300. The maximum absolute atomic E-state index is 14.9. The van der Waals surface area contributed by atoms with Crippen molar-refractivity contribution in [2.45, 2.75) is 32.9 Å². The highest BCUT2D eigenvalue weighted by molar-refractivity contribution is 7.16. The molecule has 0 fully saturated rings. The van der Waals surface area contributed by atoms with Gasteiger partial charge in [-0.2, -0.15) is 0 Å². The normalized spacial score (nSPS) is 17.9. The standard InChI is InChI=1S/C31H23N3O4S/c1-17-13-14-24-21(15-17)26(35)25-27(38-24)28(36)34(30-32-18(2)19(3)39-30)31(25)22-11-7-8-12-23(22)33(29(31)37)16-20-9-5-4-6-10-20/h4-15H,16H2,1-3H3. The number of carbonyl (C=O) groups is 2. The molecule has 1 atom stereocenters. The highest BCUT2D eigenvalue weighted by Crippen LogP contribution is 2.54. The maximum Gasteiger partial charge on any atom is 0.297 e. The van der Waals surface area contributed by atoms with Gasteiger partial charge >= 0.3 is 0 Å². The summed E-state index contributed by atoms with van der Waals surface area (Å²) in [6, 6.07) is 22.3. The molecule has 2 aromatic heterocycles. The molecule has 1 spiro atoms. The highest BCUT2D eigenvalue weighted by atomic mass is 32.1. The maximum atomic E-state index is 14.9. The van der Waals surface area contributed by atoms with Gasteiger partial charge in [-0.15, -0.1) is 11.3 Å². The second-order valence-electron chi connectivity index (χ2n) is 10.0. The van der Waals surface area contributed by atoms with Crippen LogP contribution in [0.1, 0.15) is 43.4 Å². The number of aryl methyl sites for hydroxylation is 3. The van der Waals surface area contributed by atoms with Crippen molar-refractivity contribution in [3.05, 3.63) is 122 Å². The molecule has 1 unspecified atom stereocenters. The summed E-state index contributed by atoms with van der Waals surface area (Å²) < 4.78 is 6.16. The lowest BCUT2D eigenvalue weighted by Crippen LogP contribution is -2.53. The summed E-state index contributed by atoms with van der Waals surface area (Å²) in [5.41, 5.74) is 1.98. The Morgan fingerprint density at radius 1 is 0.923 bits per heavy atom. The fraction of sp³-hybridized carbons (Fsp3) is 0.161. The lowest BCUT2D eigenvalue weighted by Gasteiger charge is -2.32. The number of nitrogens with zero attached hydrogens (tertiary/aromatic N) is 3. The van der Waals surface area contributed by atoms with E-state index in [0.717, 1.165) is 21.7 Å². The molecular formula is C31H23N3O4S. The fourth-order valence-corrected chi connectivity index (χ4v) is 6.71. The third-order valence-corrected chi connectivity index (χ3v) is 8.73. The van der Waals surface area contributed by atoms with E-state index in [1.807, 2.05) is 81.4 Å². The van der Waals surface area contributed by atoms with E-state index in [2.05, 4.69) is 4.98 Å². The van der Waals surface area contributed by atoms with Crippen molar-refractivity contribution in [2.24, 2.45) is 0 Å². The molecule has 7 rings (SSSR count). The minimum atomic E-state index is -1.74. The van der Waals surface area contributed by atoms with E-state index in [1.165, 1.54) is 16.2 Å². The first kappa shape index (κ1) is 23.5. The van der Waals surface area contributed by atoms with Crippen LogP contribution in [-0.2, 0) is 16.9 Å². The summed E-state index contributed by atoms with van der Waals surface area (Å²) in [5.74, 6) is -1.06. The summed E-state index contributed by atoms with van der Waals surface area (Å²) in [6.07, 6.45) is 0. The average Bonchev–Trinajstić information content (AvgIpc) is 3.49. The smallest absolute Gasteiger partial charge is 0.297 e. The van der Waals surface area contributed by atoms with Crippen LogP contribution in [0, 0.1) is 20.8 Å². The second-order valence-corrected chi connectivity index (χ2v) is 11.2.